The van der Waals surface area contributed by atoms with Crippen molar-refractivity contribution in [3.05, 3.63) is 76.1 Å². The number of aromatic amines is 1. The van der Waals surface area contributed by atoms with Crippen LogP contribution in [-0.4, -0.2) is 22.8 Å². The van der Waals surface area contributed by atoms with Crippen LogP contribution in [0.4, 0.5) is 5.95 Å². The second-order valence-electron chi connectivity index (χ2n) is 6.88. The minimum atomic E-state index is -0.538. The highest BCUT2D eigenvalue weighted by Crippen LogP contribution is 2.19. The fourth-order valence-corrected chi connectivity index (χ4v) is 2.96. The molecule has 0 amide bonds. The Morgan fingerprint density at radius 1 is 1.09 bits per heavy atom. The van der Waals surface area contributed by atoms with Crippen LogP contribution in [-0.2, 0) is 0 Å². The Morgan fingerprint density at radius 3 is 2.72 bits per heavy atom. The van der Waals surface area contributed by atoms with Crippen molar-refractivity contribution >= 4 is 12.2 Å². The van der Waals surface area contributed by atoms with Crippen LogP contribution in [0.5, 0.6) is 5.75 Å². The average molecular weight is 426 g/mol. The zero-order valence-corrected chi connectivity index (χ0v) is 17.4. The van der Waals surface area contributed by atoms with E-state index >= 15 is 0 Å². The standard InChI is InChI=1S/C24H22N6O2/c25-13-6-1-2-7-14-32-20-12-8-9-18(15-20)17-27-30-24-28-22(19-10-4-3-5-11-19)21(16-26)23(31)29-24/h3-5,8-12,15,17H,1-2,6-7,14H2,(H2,28,29,30,31). The first-order chi connectivity index (χ1) is 15.7. The van der Waals surface area contributed by atoms with Gasteiger partial charge in [0, 0.05) is 12.0 Å². The molecule has 0 bridgehead atoms. The molecule has 0 aliphatic heterocycles. The van der Waals surface area contributed by atoms with Gasteiger partial charge in [0.25, 0.3) is 5.56 Å². The number of anilines is 1. The summed E-state index contributed by atoms with van der Waals surface area (Å²) in [7, 11) is 0. The number of hydrogen-bond donors (Lipinski definition) is 2. The maximum absolute atomic E-state index is 12.3. The topological polar surface area (TPSA) is 127 Å². The molecule has 0 fully saturated rings. The van der Waals surface area contributed by atoms with Gasteiger partial charge in [-0.05, 0) is 37.0 Å². The number of unbranched alkanes of at least 4 members (excludes halogenated alkanes) is 3. The van der Waals surface area contributed by atoms with E-state index in [1.54, 1.807) is 18.3 Å². The van der Waals surface area contributed by atoms with Crippen LogP contribution < -0.4 is 15.7 Å². The Morgan fingerprint density at radius 2 is 1.94 bits per heavy atom. The maximum Gasteiger partial charge on any atom is 0.270 e. The van der Waals surface area contributed by atoms with Gasteiger partial charge in [-0.2, -0.15) is 15.6 Å². The normalized spacial score (nSPS) is 10.4. The summed E-state index contributed by atoms with van der Waals surface area (Å²) in [4.78, 5) is 19.2. The highest BCUT2D eigenvalue weighted by atomic mass is 16.5. The van der Waals surface area contributed by atoms with Gasteiger partial charge >= 0.3 is 0 Å². The third kappa shape index (κ3) is 6.28. The molecule has 8 heteroatoms. The lowest BCUT2D eigenvalue weighted by molar-refractivity contribution is 0.305. The lowest BCUT2D eigenvalue weighted by Crippen LogP contribution is -2.16. The lowest BCUT2D eigenvalue weighted by Gasteiger charge is -2.07. The highest BCUT2D eigenvalue weighted by Gasteiger charge is 2.12. The molecule has 2 N–H and O–H groups in total. The number of nitrogens with zero attached hydrogens (tertiary/aromatic N) is 4. The van der Waals surface area contributed by atoms with Crippen molar-refractivity contribution in [3.63, 3.8) is 0 Å². The minimum absolute atomic E-state index is 0.0526. The van der Waals surface area contributed by atoms with E-state index in [1.807, 2.05) is 48.5 Å². The summed E-state index contributed by atoms with van der Waals surface area (Å²) in [5.74, 6) is 0.861. The number of nitriles is 2. The molecule has 1 heterocycles. The van der Waals surface area contributed by atoms with E-state index in [1.165, 1.54) is 0 Å². The molecule has 32 heavy (non-hydrogen) atoms. The van der Waals surface area contributed by atoms with Crippen molar-refractivity contribution in [2.75, 3.05) is 12.0 Å². The molecule has 0 saturated heterocycles. The summed E-state index contributed by atoms with van der Waals surface area (Å²) in [5, 5.41) is 22.0. The summed E-state index contributed by atoms with van der Waals surface area (Å²) >= 11 is 0. The van der Waals surface area contributed by atoms with Gasteiger partial charge in [0.2, 0.25) is 5.95 Å². The molecule has 8 nitrogen and oxygen atoms in total. The maximum atomic E-state index is 12.3. The second-order valence-corrected chi connectivity index (χ2v) is 6.88. The van der Waals surface area contributed by atoms with Crippen LogP contribution in [0, 0.1) is 22.7 Å². The number of benzene rings is 2. The molecular formula is C24H22N6O2. The van der Waals surface area contributed by atoms with Crippen molar-refractivity contribution in [1.82, 2.24) is 9.97 Å². The Hall–Kier alpha value is -4.43. The summed E-state index contributed by atoms with van der Waals surface area (Å²) in [6, 6.07) is 20.5. The van der Waals surface area contributed by atoms with Crippen LogP contribution in [0.1, 0.15) is 36.8 Å². The smallest absolute Gasteiger partial charge is 0.270 e. The van der Waals surface area contributed by atoms with Gasteiger partial charge < -0.3 is 4.74 Å². The van der Waals surface area contributed by atoms with E-state index in [-0.39, 0.29) is 11.5 Å². The van der Waals surface area contributed by atoms with Gasteiger partial charge in [-0.25, -0.2) is 10.4 Å². The van der Waals surface area contributed by atoms with Crippen molar-refractivity contribution in [3.8, 4) is 29.1 Å². The summed E-state index contributed by atoms with van der Waals surface area (Å²) in [6.45, 7) is 0.586. The Bertz CT molecular complexity index is 1210. The third-order valence-electron chi connectivity index (χ3n) is 4.52. The number of ether oxygens (including phenoxy) is 1. The zero-order valence-electron chi connectivity index (χ0n) is 17.4. The number of H-pyrrole nitrogens is 1. The number of hydrazone groups is 1. The number of hydrogen-bond acceptors (Lipinski definition) is 7. The van der Waals surface area contributed by atoms with Gasteiger partial charge in [0.05, 0.1) is 24.6 Å². The van der Waals surface area contributed by atoms with E-state index in [9.17, 15) is 10.1 Å². The number of nitrogens with one attached hydrogen (secondary N) is 2. The van der Waals surface area contributed by atoms with Crippen LogP contribution in [0.2, 0.25) is 0 Å². The fourth-order valence-electron chi connectivity index (χ4n) is 2.96. The SMILES string of the molecule is N#CCCCCCOc1cccc(C=NNc2nc(-c3ccccc3)c(C#N)c(=O)[nH]2)c1. The predicted octanol–water partition coefficient (Wildman–Crippen LogP) is 4.22. The van der Waals surface area contributed by atoms with E-state index in [0.717, 1.165) is 30.6 Å². The lowest BCUT2D eigenvalue weighted by atomic mass is 10.1. The van der Waals surface area contributed by atoms with E-state index in [2.05, 4.69) is 26.6 Å². The molecule has 2 aromatic carbocycles. The van der Waals surface area contributed by atoms with Gasteiger partial charge in [-0.15, -0.1) is 0 Å². The van der Waals surface area contributed by atoms with Crippen LogP contribution in [0.15, 0.2) is 64.5 Å². The largest absolute Gasteiger partial charge is 0.494 e. The van der Waals surface area contributed by atoms with Crippen LogP contribution >= 0.6 is 0 Å². The summed E-state index contributed by atoms with van der Waals surface area (Å²) in [5.41, 5.74) is 3.88. The van der Waals surface area contributed by atoms with Gasteiger partial charge in [0.1, 0.15) is 17.4 Å². The fraction of sp³-hybridized carbons (Fsp3) is 0.208. The van der Waals surface area contributed by atoms with Crippen molar-refractivity contribution in [1.29, 1.82) is 10.5 Å². The quantitative estimate of drug-likeness (QED) is 0.284. The molecule has 0 spiro atoms. The van der Waals surface area contributed by atoms with Crippen molar-refractivity contribution in [2.45, 2.75) is 25.7 Å². The molecule has 0 radical (unpaired) electrons. The second kappa shape index (κ2) is 11.7. The molecule has 1 aromatic heterocycles. The number of rotatable bonds is 10. The van der Waals surface area contributed by atoms with Gasteiger partial charge in [-0.1, -0.05) is 42.5 Å². The van der Waals surface area contributed by atoms with Crippen molar-refractivity contribution in [2.24, 2.45) is 5.10 Å². The third-order valence-corrected chi connectivity index (χ3v) is 4.52. The first-order valence-electron chi connectivity index (χ1n) is 10.2. The summed E-state index contributed by atoms with van der Waals surface area (Å²) in [6.07, 6.45) is 4.89. The first-order valence-corrected chi connectivity index (χ1v) is 10.2. The van der Waals surface area contributed by atoms with Crippen LogP contribution in [0.25, 0.3) is 11.3 Å². The minimum Gasteiger partial charge on any atom is -0.494 e. The molecule has 160 valence electrons. The Labute approximate surface area is 185 Å². The number of aromatic nitrogens is 2. The predicted molar refractivity (Wildman–Crippen MR) is 122 cm³/mol. The molecule has 0 aliphatic rings. The molecule has 0 saturated carbocycles. The Balaban J connectivity index is 1.65. The molecule has 0 aliphatic carbocycles. The van der Waals surface area contributed by atoms with Crippen molar-refractivity contribution < 1.29 is 4.74 Å². The zero-order chi connectivity index (χ0) is 22.6. The summed E-state index contributed by atoms with van der Waals surface area (Å²) < 4.78 is 5.74. The molecule has 3 rings (SSSR count). The van der Waals surface area contributed by atoms with E-state index in [0.29, 0.717) is 24.3 Å². The molecule has 3 aromatic rings. The molecule has 0 atom stereocenters. The van der Waals surface area contributed by atoms with Gasteiger partial charge in [-0.3, -0.25) is 9.78 Å². The molecule has 0 unspecified atom stereocenters. The molecular weight excluding hydrogens is 404 g/mol. The Kier molecular flexibility index (Phi) is 8.12. The average Bonchev–Trinajstić information content (AvgIpc) is 2.82. The first kappa shape index (κ1) is 22.3. The van der Waals surface area contributed by atoms with E-state index < -0.39 is 5.56 Å². The van der Waals surface area contributed by atoms with Crippen LogP contribution in [0.3, 0.4) is 0 Å². The van der Waals surface area contributed by atoms with E-state index in [4.69, 9.17) is 10.00 Å². The van der Waals surface area contributed by atoms with Gasteiger partial charge in [0.15, 0.2) is 0 Å². The highest BCUT2D eigenvalue weighted by molar-refractivity contribution is 5.80. The monoisotopic (exact) mass is 426 g/mol.